The first-order valence-corrected chi connectivity index (χ1v) is 7.89. The van der Waals surface area contributed by atoms with Crippen molar-refractivity contribution in [3.05, 3.63) is 17.3 Å². The molecule has 0 radical (unpaired) electrons. The number of fused-ring (bicyclic) bond motifs is 1. The van der Waals surface area contributed by atoms with Crippen molar-refractivity contribution in [3.8, 4) is 0 Å². The molecule has 2 aromatic rings. The Labute approximate surface area is 116 Å². The number of alkyl halides is 1. The number of anilines is 1. The minimum atomic E-state index is 0.522. The monoisotopic (exact) mass is 283 g/mol. The van der Waals surface area contributed by atoms with E-state index in [2.05, 4.69) is 34.7 Å². The lowest BCUT2D eigenvalue weighted by Gasteiger charge is -2.25. The first kappa shape index (κ1) is 12.3. The Bertz CT molecular complexity index is 541. The number of hydrogen-bond acceptors (Lipinski definition) is 3. The van der Waals surface area contributed by atoms with Gasteiger partial charge < -0.3 is 4.90 Å². The van der Waals surface area contributed by atoms with Crippen LogP contribution in [-0.4, -0.2) is 22.0 Å². The van der Waals surface area contributed by atoms with Crippen LogP contribution in [0.2, 0.25) is 0 Å². The van der Waals surface area contributed by atoms with Gasteiger partial charge in [0.25, 0.3) is 0 Å². The fraction of sp³-hybridized carbons (Fsp3) is 0.615. The molecule has 0 spiro atoms. The van der Waals surface area contributed by atoms with Crippen molar-refractivity contribution in [2.75, 3.05) is 11.4 Å². The lowest BCUT2D eigenvalue weighted by Crippen LogP contribution is -2.30. The first-order valence-electron chi connectivity index (χ1n) is 6.47. The summed E-state index contributed by atoms with van der Waals surface area (Å²) in [5.41, 5.74) is 1.14. The third-order valence-electron chi connectivity index (χ3n) is 3.29. The van der Waals surface area contributed by atoms with Crippen molar-refractivity contribution in [1.82, 2.24) is 9.38 Å². The van der Waals surface area contributed by atoms with Crippen molar-refractivity contribution < 1.29 is 0 Å². The van der Waals surface area contributed by atoms with Gasteiger partial charge in [-0.05, 0) is 18.8 Å². The van der Waals surface area contributed by atoms with Gasteiger partial charge in [-0.2, -0.15) is 0 Å². The number of hydrogen-bond donors (Lipinski definition) is 0. The third kappa shape index (κ3) is 2.12. The van der Waals surface area contributed by atoms with E-state index in [4.69, 9.17) is 16.6 Å². The summed E-state index contributed by atoms with van der Waals surface area (Å²) >= 11 is 7.80. The molecule has 1 fully saturated rings. The second kappa shape index (κ2) is 4.74. The fourth-order valence-electron chi connectivity index (χ4n) is 2.36. The first-order chi connectivity index (χ1) is 8.70. The van der Waals surface area contributed by atoms with Crippen LogP contribution in [0.5, 0.6) is 0 Å². The molecule has 0 N–H and O–H groups in total. The lowest BCUT2D eigenvalue weighted by molar-refractivity contribution is 0.602. The Morgan fingerprint density at radius 3 is 2.94 bits per heavy atom. The summed E-state index contributed by atoms with van der Waals surface area (Å²) in [6.45, 7) is 5.59. The standard InChI is InChI=1S/C13H18ClN3S/c1-9(2)8-17(10-3-4-10)12-11(7-14)16-5-6-18-13(16)15-12/h5-6,9-10H,3-4,7-8H2,1-2H3. The molecule has 0 unspecified atom stereocenters. The van der Waals surface area contributed by atoms with Crippen LogP contribution in [0.25, 0.3) is 4.96 Å². The Morgan fingerprint density at radius 2 is 2.33 bits per heavy atom. The van der Waals surface area contributed by atoms with Crippen LogP contribution in [0, 0.1) is 5.92 Å². The zero-order chi connectivity index (χ0) is 12.7. The van der Waals surface area contributed by atoms with Gasteiger partial charge in [0.1, 0.15) is 0 Å². The van der Waals surface area contributed by atoms with Gasteiger partial charge in [-0.1, -0.05) is 13.8 Å². The van der Waals surface area contributed by atoms with Gasteiger partial charge in [0.05, 0.1) is 11.6 Å². The molecule has 5 heteroatoms. The molecular weight excluding hydrogens is 266 g/mol. The number of rotatable bonds is 5. The van der Waals surface area contributed by atoms with Gasteiger partial charge in [0.15, 0.2) is 10.8 Å². The van der Waals surface area contributed by atoms with Crippen LogP contribution in [0.1, 0.15) is 32.4 Å². The van der Waals surface area contributed by atoms with Gasteiger partial charge in [-0.3, -0.25) is 4.40 Å². The Kier molecular flexibility index (Phi) is 3.24. The smallest absolute Gasteiger partial charge is 0.195 e. The topological polar surface area (TPSA) is 20.5 Å². The molecule has 2 heterocycles. The van der Waals surface area contributed by atoms with E-state index >= 15 is 0 Å². The van der Waals surface area contributed by atoms with Crippen LogP contribution in [-0.2, 0) is 5.88 Å². The number of halogens is 1. The molecule has 0 atom stereocenters. The van der Waals surface area contributed by atoms with E-state index < -0.39 is 0 Å². The molecule has 0 aliphatic heterocycles. The minimum absolute atomic E-state index is 0.522. The fourth-order valence-corrected chi connectivity index (χ4v) is 3.34. The molecule has 1 aliphatic carbocycles. The maximum atomic E-state index is 6.13. The normalized spacial score (nSPS) is 15.8. The molecule has 0 amide bonds. The molecule has 18 heavy (non-hydrogen) atoms. The van der Waals surface area contributed by atoms with Crippen molar-refractivity contribution >= 4 is 33.7 Å². The quantitative estimate of drug-likeness (QED) is 0.779. The molecular formula is C13H18ClN3S. The van der Waals surface area contributed by atoms with Crippen LogP contribution in [0.3, 0.4) is 0 Å². The van der Waals surface area contributed by atoms with Crippen LogP contribution < -0.4 is 4.90 Å². The zero-order valence-electron chi connectivity index (χ0n) is 10.8. The largest absolute Gasteiger partial charge is 0.352 e. The zero-order valence-corrected chi connectivity index (χ0v) is 12.3. The predicted octanol–water partition coefficient (Wildman–Crippen LogP) is 3.76. The van der Waals surface area contributed by atoms with Crippen LogP contribution in [0.15, 0.2) is 11.6 Å². The van der Waals surface area contributed by atoms with E-state index in [1.54, 1.807) is 11.3 Å². The van der Waals surface area contributed by atoms with Gasteiger partial charge in [0.2, 0.25) is 0 Å². The predicted molar refractivity (Wildman–Crippen MR) is 77.8 cm³/mol. The molecule has 2 aromatic heterocycles. The van der Waals surface area contributed by atoms with Crippen molar-refractivity contribution in [2.45, 2.75) is 38.6 Å². The van der Waals surface area contributed by atoms with Crippen LogP contribution in [0.4, 0.5) is 5.82 Å². The highest BCUT2D eigenvalue weighted by Gasteiger charge is 2.32. The molecule has 0 aromatic carbocycles. The highest BCUT2D eigenvalue weighted by atomic mass is 35.5. The van der Waals surface area contributed by atoms with E-state index in [1.165, 1.54) is 12.8 Å². The highest BCUT2D eigenvalue weighted by molar-refractivity contribution is 7.15. The SMILES string of the molecule is CC(C)CN(c1nc2sccn2c1CCl)C1CC1. The van der Waals surface area contributed by atoms with E-state index in [0.717, 1.165) is 23.0 Å². The summed E-state index contributed by atoms with van der Waals surface area (Å²) in [7, 11) is 0. The van der Waals surface area contributed by atoms with E-state index in [-0.39, 0.29) is 0 Å². The average Bonchev–Trinajstić information content (AvgIpc) is 2.96. The number of nitrogens with zero attached hydrogens (tertiary/aromatic N) is 3. The molecule has 3 rings (SSSR count). The second-order valence-electron chi connectivity index (χ2n) is 5.35. The number of aromatic nitrogens is 2. The van der Waals surface area contributed by atoms with E-state index in [0.29, 0.717) is 17.8 Å². The molecule has 0 saturated heterocycles. The highest BCUT2D eigenvalue weighted by Crippen LogP contribution is 2.35. The number of imidazole rings is 1. The van der Waals surface area contributed by atoms with Gasteiger partial charge in [-0.25, -0.2) is 4.98 Å². The van der Waals surface area contributed by atoms with Gasteiger partial charge >= 0.3 is 0 Å². The summed E-state index contributed by atoms with van der Waals surface area (Å²) in [6, 6.07) is 0.680. The second-order valence-corrected chi connectivity index (χ2v) is 6.49. The molecule has 98 valence electrons. The summed E-state index contributed by atoms with van der Waals surface area (Å²) in [5, 5.41) is 2.06. The van der Waals surface area contributed by atoms with Gasteiger partial charge in [-0.15, -0.1) is 22.9 Å². The Hall–Kier alpha value is -0.740. The maximum Gasteiger partial charge on any atom is 0.195 e. The minimum Gasteiger partial charge on any atom is -0.352 e. The van der Waals surface area contributed by atoms with E-state index in [1.807, 2.05) is 0 Å². The lowest BCUT2D eigenvalue weighted by atomic mass is 10.2. The van der Waals surface area contributed by atoms with Crippen LogP contribution >= 0.6 is 22.9 Å². The third-order valence-corrected chi connectivity index (χ3v) is 4.30. The summed E-state index contributed by atoms with van der Waals surface area (Å²) in [6.07, 6.45) is 4.65. The van der Waals surface area contributed by atoms with E-state index in [9.17, 15) is 0 Å². The molecule has 3 nitrogen and oxygen atoms in total. The molecule has 1 aliphatic rings. The molecule has 1 saturated carbocycles. The average molecular weight is 284 g/mol. The summed E-state index contributed by atoms with van der Waals surface area (Å²) < 4.78 is 2.13. The Balaban J connectivity index is 2.01. The number of thiazole rings is 1. The van der Waals surface area contributed by atoms with Crippen molar-refractivity contribution in [1.29, 1.82) is 0 Å². The summed E-state index contributed by atoms with van der Waals surface area (Å²) in [4.78, 5) is 8.29. The summed E-state index contributed by atoms with van der Waals surface area (Å²) in [5.74, 6) is 2.27. The maximum absolute atomic E-state index is 6.13. The van der Waals surface area contributed by atoms with Crippen molar-refractivity contribution in [3.63, 3.8) is 0 Å². The Morgan fingerprint density at radius 1 is 1.56 bits per heavy atom. The van der Waals surface area contributed by atoms with Gasteiger partial charge in [0, 0.05) is 24.2 Å². The van der Waals surface area contributed by atoms with Crippen molar-refractivity contribution in [2.24, 2.45) is 5.92 Å². The molecule has 0 bridgehead atoms.